The lowest BCUT2D eigenvalue weighted by Crippen LogP contribution is -2.18. The molecule has 50 heavy (non-hydrogen) atoms. The summed E-state index contributed by atoms with van der Waals surface area (Å²) in [7, 11) is 0. The summed E-state index contributed by atoms with van der Waals surface area (Å²) in [6.07, 6.45) is 3.78. The SMILES string of the molecule is Cc1cc(N(c2ccccc2)c2nccs2)cc2c1-c1cc3c(cc1C2(C)C)-c1c(C)cc(N(c2ccccc2)c2nccs2)cc1C3(C)C. The lowest BCUT2D eigenvalue weighted by molar-refractivity contribution is 0.652. The van der Waals surface area contributed by atoms with Gasteiger partial charge in [0.2, 0.25) is 0 Å². The molecule has 0 fully saturated rings. The Kier molecular flexibility index (Phi) is 6.96. The third kappa shape index (κ3) is 4.55. The molecule has 0 unspecified atom stereocenters. The third-order valence-corrected chi connectivity index (χ3v) is 12.3. The summed E-state index contributed by atoms with van der Waals surface area (Å²) in [6, 6.07) is 35.7. The van der Waals surface area contributed by atoms with Crippen LogP contribution < -0.4 is 9.80 Å². The van der Waals surface area contributed by atoms with E-state index in [9.17, 15) is 0 Å². The van der Waals surface area contributed by atoms with E-state index < -0.39 is 0 Å². The van der Waals surface area contributed by atoms with E-state index in [0.29, 0.717) is 0 Å². The highest BCUT2D eigenvalue weighted by molar-refractivity contribution is 7.14. The Bertz CT molecular complexity index is 2220. The molecule has 2 aliphatic rings. The van der Waals surface area contributed by atoms with Crippen LogP contribution in [0.25, 0.3) is 22.3 Å². The Morgan fingerprint density at radius 3 is 1.24 bits per heavy atom. The van der Waals surface area contributed by atoms with Crippen molar-refractivity contribution in [3.8, 4) is 22.3 Å². The van der Waals surface area contributed by atoms with E-state index in [2.05, 4.69) is 159 Å². The standard InChI is InChI=1S/C44H38N4S2/c1-27-21-31(47(41-45-17-19-49-41)29-13-9-7-10-14-29)23-37-39(27)33-25-36-34(26-35(33)43(37,3)4)40-28(2)22-32(24-38(40)44(36,5)6)48(42-46-18-20-50-42)30-15-11-8-12-16-30/h7-26H,1-6H3. The van der Waals surface area contributed by atoms with Gasteiger partial charge in [-0.25, -0.2) is 9.97 Å². The minimum atomic E-state index is -0.179. The molecule has 0 bridgehead atoms. The molecular weight excluding hydrogens is 649 g/mol. The van der Waals surface area contributed by atoms with Gasteiger partial charge in [-0.1, -0.05) is 64.1 Å². The number of fused-ring (bicyclic) bond motifs is 6. The fourth-order valence-electron chi connectivity index (χ4n) is 8.38. The molecule has 2 aliphatic carbocycles. The highest BCUT2D eigenvalue weighted by Crippen LogP contribution is 2.59. The highest BCUT2D eigenvalue weighted by atomic mass is 32.1. The minimum absolute atomic E-state index is 0.179. The molecule has 0 aliphatic heterocycles. The first kappa shape index (κ1) is 31.0. The van der Waals surface area contributed by atoms with Gasteiger partial charge in [0.05, 0.1) is 0 Å². The summed E-state index contributed by atoms with van der Waals surface area (Å²) >= 11 is 3.33. The number of nitrogens with zero attached hydrogens (tertiary/aromatic N) is 4. The van der Waals surface area contributed by atoms with E-state index in [1.54, 1.807) is 22.7 Å². The normalized spacial score (nSPS) is 14.5. The van der Waals surface area contributed by atoms with Crippen molar-refractivity contribution in [3.05, 3.63) is 154 Å². The molecule has 0 spiro atoms. The lowest BCUT2D eigenvalue weighted by atomic mass is 9.79. The Morgan fingerprint density at radius 1 is 0.480 bits per heavy atom. The van der Waals surface area contributed by atoms with Gasteiger partial charge in [-0.3, -0.25) is 9.80 Å². The van der Waals surface area contributed by atoms with Gasteiger partial charge in [0.1, 0.15) is 0 Å². The van der Waals surface area contributed by atoms with Crippen molar-refractivity contribution >= 4 is 55.7 Å². The van der Waals surface area contributed by atoms with Crippen molar-refractivity contribution in [3.63, 3.8) is 0 Å². The second kappa shape index (κ2) is 11.2. The van der Waals surface area contributed by atoms with E-state index in [-0.39, 0.29) is 10.8 Å². The molecule has 0 N–H and O–H groups in total. The number of benzene rings is 5. The van der Waals surface area contributed by atoms with Gasteiger partial charge in [0, 0.05) is 56.7 Å². The fourth-order valence-corrected chi connectivity index (χ4v) is 9.74. The quantitative estimate of drug-likeness (QED) is 0.174. The molecule has 246 valence electrons. The van der Waals surface area contributed by atoms with Gasteiger partial charge in [0.25, 0.3) is 0 Å². The van der Waals surface area contributed by atoms with E-state index in [4.69, 9.17) is 9.97 Å². The Balaban J connectivity index is 1.19. The van der Waals surface area contributed by atoms with Crippen molar-refractivity contribution in [1.29, 1.82) is 0 Å². The van der Waals surface area contributed by atoms with Crippen LogP contribution in [0.1, 0.15) is 61.1 Å². The van der Waals surface area contributed by atoms with E-state index in [0.717, 1.165) is 33.0 Å². The van der Waals surface area contributed by atoms with Gasteiger partial charge in [-0.15, -0.1) is 22.7 Å². The summed E-state index contributed by atoms with van der Waals surface area (Å²) in [5.74, 6) is 0. The van der Waals surface area contributed by atoms with Crippen LogP contribution in [-0.2, 0) is 10.8 Å². The fraction of sp³-hybridized carbons (Fsp3) is 0.182. The van der Waals surface area contributed by atoms with Crippen molar-refractivity contribution in [2.45, 2.75) is 52.4 Å². The van der Waals surface area contributed by atoms with Gasteiger partial charge >= 0.3 is 0 Å². The number of aromatic nitrogens is 2. The first-order valence-corrected chi connectivity index (χ1v) is 18.9. The van der Waals surface area contributed by atoms with Crippen LogP contribution in [0.2, 0.25) is 0 Å². The van der Waals surface area contributed by atoms with Gasteiger partial charge in [-0.05, 0) is 130 Å². The Labute approximate surface area is 302 Å². The van der Waals surface area contributed by atoms with Crippen molar-refractivity contribution < 1.29 is 0 Å². The second-order valence-electron chi connectivity index (χ2n) is 14.5. The molecule has 2 heterocycles. The summed E-state index contributed by atoms with van der Waals surface area (Å²) in [6.45, 7) is 14.1. The molecule has 0 radical (unpaired) electrons. The number of hydrogen-bond donors (Lipinski definition) is 0. The van der Waals surface area contributed by atoms with Crippen molar-refractivity contribution in [1.82, 2.24) is 9.97 Å². The van der Waals surface area contributed by atoms with Gasteiger partial charge in [0.15, 0.2) is 10.3 Å². The molecule has 6 heteroatoms. The summed E-state index contributed by atoms with van der Waals surface area (Å²) < 4.78 is 0. The highest BCUT2D eigenvalue weighted by Gasteiger charge is 2.43. The third-order valence-electron chi connectivity index (χ3n) is 10.8. The zero-order chi connectivity index (χ0) is 34.4. The maximum Gasteiger partial charge on any atom is 0.194 e. The molecule has 5 aromatic carbocycles. The average molecular weight is 687 g/mol. The molecule has 0 saturated heterocycles. The predicted octanol–water partition coefficient (Wildman–Crippen LogP) is 12.8. The van der Waals surface area contributed by atoms with Crippen LogP contribution in [0.15, 0.2) is 120 Å². The Morgan fingerprint density at radius 2 is 0.880 bits per heavy atom. The van der Waals surface area contributed by atoms with Crippen LogP contribution in [0.3, 0.4) is 0 Å². The zero-order valence-electron chi connectivity index (χ0n) is 29.2. The van der Waals surface area contributed by atoms with Crippen LogP contribution in [0.5, 0.6) is 0 Å². The van der Waals surface area contributed by atoms with Crippen LogP contribution >= 0.6 is 22.7 Å². The number of aryl methyl sites for hydroxylation is 2. The number of anilines is 6. The van der Waals surface area contributed by atoms with E-state index >= 15 is 0 Å². The molecular formula is C44H38N4S2. The lowest BCUT2D eigenvalue weighted by Gasteiger charge is -2.27. The first-order chi connectivity index (χ1) is 24.1. The molecule has 9 rings (SSSR count). The van der Waals surface area contributed by atoms with Crippen LogP contribution in [0.4, 0.5) is 33.0 Å². The molecule has 0 atom stereocenters. The second-order valence-corrected chi connectivity index (χ2v) is 16.3. The van der Waals surface area contributed by atoms with Crippen molar-refractivity contribution in [2.75, 3.05) is 9.80 Å². The van der Waals surface area contributed by atoms with Gasteiger partial charge in [-0.2, -0.15) is 0 Å². The maximum atomic E-state index is 4.74. The molecule has 0 amide bonds. The maximum absolute atomic E-state index is 4.74. The Hall–Kier alpha value is -5.04. The number of rotatable bonds is 6. The smallest absolute Gasteiger partial charge is 0.194 e. The largest absolute Gasteiger partial charge is 0.286 e. The molecule has 7 aromatic rings. The summed E-state index contributed by atoms with van der Waals surface area (Å²) in [5, 5.41) is 6.04. The predicted molar refractivity (Wildman–Crippen MR) is 212 cm³/mol. The summed E-state index contributed by atoms with van der Waals surface area (Å²) in [4.78, 5) is 14.1. The molecule has 2 aromatic heterocycles. The topological polar surface area (TPSA) is 32.3 Å². The zero-order valence-corrected chi connectivity index (χ0v) is 30.8. The number of hydrogen-bond acceptors (Lipinski definition) is 6. The minimum Gasteiger partial charge on any atom is -0.286 e. The average Bonchev–Trinajstić information content (AvgIpc) is 3.91. The monoisotopic (exact) mass is 686 g/mol. The van der Waals surface area contributed by atoms with E-state index in [1.807, 2.05) is 12.4 Å². The number of para-hydroxylation sites is 2. The van der Waals surface area contributed by atoms with Crippen LogP contribution in [-0.4, -0.2) is 9.97 Å². The van der Waals surface area contributed by atoms with Crippen LogP contribution in [0, 0.1) is 13.8 Å². The molecule has 4 nitrogen and oxygen atoms in total. The first-order valence-electron chi connectivity index (χ1n) is 17.1. The summed E-state index contributed by atoms with van der Waals surface area (Å²) in [5.41, 5.74) is 17.7. The van der Waals surface area contributed by atoms with E-state index in [1.165, 1.54) is 55.6 Å². The van der Waals surface area contributed by atoms with Gasteiger partial charge < -0.3 is 0 Å². The van der Waals surface area contributed by atoms with Crippen molar-refractivity contribution in [2.24, 2.45) is 0 Å². The number of thiazole rings is 2. The molecule has 0 saturated carbocycles.